The predicted molar refractivity (Wildman–Crippen MR) is 77.5 cm³/mol. The summed E-state index contributed by atoms with van der Waals surface area (Å²) in [5.41, 5.74) is 2.72. The fraction of sp³-hybridized carbons (Fsp3) is 0.375. The molecular weight excluding hydrogens is 254 g/mol. The van der Waals surface area contributed by atoms with Gasteiger partial charge in [0.2, 0.25) is 5.91 Å². The van der Waals surface area contributed by atoms with Crippen molar-refractivity contribution in [2.75, 3.05) is 18.6 Å². The number of esters is 1. The molecule has 4 heteroatoms. The zero-order chi connectivity index (χ0) is 14.5. The van der Waals surface area contributed by atoms with E-state index in [-0.39, 0.29) is 11.9 Å². The number of para-hydroxylation sites is 1. The lowest BCUT2D eigenvalue weighted by Gasteiger charge is -2.28. The van der Waals surface area contributed by atoms with Crippen LogP contribution in [-0.2, 0) is 20.7 Å². The summed E-state index contributed by atoms with van der Waals surface area (Å²) in [7, 11) is 1.37. The SMILES string of the molecule is CCC(=CCN1C(=O)CCc2ccccc21)C(=O)OC. The molecule has 0 saturated heterocycles. The molecule has 0 aromatic heterocycles. The average molecular weight is 273 g/mol. The van der Waals surface area contributed by atoms with Crippen molar-refractivity contribution in [3.05, 3.63) is 41.5 Å². The molecule has 0 aliphatic carbocycles. The second kappa shape index (κ2) is 6.37. The molecule has 4 nitrogen and oxygen atoms in total. The highest BCUT2D eigenvalue weighted by Crippen LogP contribution is 2.27. The maximum absolute atomic E-state index is 12.1. The van der Waals surface area contributed by atoms with Crippen molar-refractivity contribution in [3.63, 3.8) is 0 Å². The molecule has 0 spiro atoms. The summed E-state index contributed by atoms with van der Waals surface area (Å²) in [5, 5.41) is 0. The minimum atomic E-state index is -0.328. The molecule has 0 N–H and O–H groups in total. The van der Waals surface area contributed by atoms with Crippen LogP contribution in [0.15, 0.2) is 35.9 Å². The summed E-state index contributed by atoms with van der Waals surface area (Å²) in [6.07, 6.45) is 3.68. The zero-order valence-corrected chi connectivity index (χ0v) is 11.9. The van der Waals surface area contributed by atoms with Crippen molar-refractivity contribution in [3.8, 4) is 0 Å². The molecule has 0 atom stereocenters. The van der Waals surface area contributed by atoms with Crippen LogP contribution in [0.5, 0.6) is 0 Å². The minimum absolute atomic E-state index is 0.0975. The van der Waals surface area contributed by atoms with Gasteiger partial charge in [0.05, 0.1) is 7.11 Å². The van der Waals surface area contributed by atoms with Crippen molar-refractivity contribution in [1.82, 2.24) is 0 Å². The second-order valence-corrected chi connectivity index (χ2v) is 4.71. The van der Waals surface area contributed by atoms with Crippen molar-refractivity contribution >= 4 is 17.6 Å². The highest BCUT2D eigenvalue weighted by Gasteiger charge is 2.23. The Labute approximate surface area is 119 Å². The number of carbonyl (C=O) groups excluding carboxylic acids is 2. The van der Waals surface area contributed by atoms with E-state index in [1.165, 1.54) is 12.7 Å². The number of hydrogen-bond donors (Lipinski definition) is 0. The number of nitrogens with zero attached hydrogens (tertiary/aromatic N) is 1. The molecule has 2 rings (SSSR count). The monoisotopic (exact) mass is 273 g/mol. The van der Waals surface area contributed by atoms with Crippen LogP contribution in [-0.4, -0.2) is 25.5 Å². The quantitative estimate of drug-likeness (QED) is 0.625. The van der Waals surface area contributed by atoms with E-state index >= 15 is 0 Å². The van der Waals surface area contributed by atoms with E-state index in [1.807, 2.05) is 31.2 Å². The first-order valence-corrected chi connectivity index (χ1v) is 6.83. The topological polar surface area (TPSA) is 46.6 Å². The van der Waals surface area contributed by atoms with Crippen LogP contribution >= 0.6 is 0 Å². The Morgan fingerprint density at radius 1 is 1.35 bits per heavy atom. The first kappa shape index (κ1) is 14.3. The van der Waals surface area contributed by atoms with E-state index < -0.39 is 0 Å². The van der Waals surface area contributed by atoms with Gasteiger partial charge in [-0.2, -0.15) is 0 Å². The lowest BCUT2D eigenvalue weighted by molar-refractivity contribution is -0.136. The van der Waals surface area contributed by atoms with Gasteiger partial charge in [-0.25, -0.2) is 4.79 Å². The maximum atomic E-state index is 12.1. The molecule has 0 saturated carbocycles. The van der Waals surface area contributed by atoms with Gasteiger partial charge in [0.25, 0.3) is 0 Å². The molecular formula is C16H19NO3. The summed E-state index contributed by atoms with van der Waals surface area (Å²) in [6, 6.07) is 7.90. The first-order chi connectivity index (χ1) is 9.67. The zero-order valence-electron chi connectivity index (χ0n) is 11.9. The van der Waals surface area contributed by atoms with Gasteiger partial charge in [-0.05, 0) is 24.5 Å². The number of rotatable bonds is 4. The number of amides is 1. The van der Waals surface area contributed by atoms with Crippen LogP contribution in [0.2, 0.25) is 0 Å². The number of ether oxygens (including phenoxy) is 1. The number of benzene rings is 1. The Bertz CT molecular complexity index is 548. The average Bonchev–Trinajstić information content (AvgIpc) is 2.49. The van der Waals surface area contributed by atoms with E-state index in [4.69, 9.17) is 4.74 Å². The summed E-state index contributed by atoms with van der Waals surface area (Å²) in [4.78, 5) is 25.4. The number of anilines is 1. The van der Waals surface area contributed by atoms with Crippen LogP contribution in [0.3, 0.4) is 0 Å². The predicted octanol–water partition coefficient (Wildman–Crippen LogP) is 2.48. The maximum Gasteiger partial charge on any atom is 0.333 e. The number of aryl methyl sites for hydroxylation is 1. The van der Waals surface area contributed by atoms with Crippen molar-refractivity contribution in [1.29, 1.82) is 0 Å². The van der Waals surface area contributed by atoms with Crippen molar-refractivity contribution < 1.29 is 14.3 Å². The minimum Gasteiger partial charge on any atom is -0.466 e. The van der Waals surface area contributed by atoms with Crippen molar-refractivity contribution in [2.24, 2.45) is 0 Å². The third kappa shape index (κ3) is 2.90. The summed E-state index contributed by atoms with van der Waals surface area (Å²) in [5.74, 6) is -0.231. The van der Waals surface area contributed by atoms with Crippen LogP contribution < -0.4 is 4.90 Å². The van der Waals surface area contributed by atoms with Crippen LogP contribution in [0.1, 0.15) is 25.3 Å². The molecule has 1 aliphatic heterocycles. The highest BCUT2D eigenvalue weighted by molar-refractivity contribution is 5.97. The van der Waals surface area contributed by atoms with Gasteiger partial charge in [0.1, 0.15) is 0 Å². The molecule has 0 radical (unpaired) electrons. The third-order valence-corrected chi connectivity index (χ3v) is 3.54. The molecule has 1 aliphatic rings. The fourth-order valence-electron chi connectivity index (χ4n) is 2.40. The Balaban J connectivity index is 2.22. The lowest BCUT2D eigenvalue weighted by atomic mass is 10.0. The van der Waals surface area contributed by atoms with Crippen LogP contribution in [0, 0.1) is 0 Å². The van der Waals surface area contributed by atoms with Gasteiger partial charge >= 0.3 is 5.97 Å². The Hall–Kier alpha value is -2.10. The second-order valence-electron chi connectivity index (χ2n) is 4.71. The summed E-state index contributed by atoms with van der Waals surface area (Å²) < 4.78 is 4.73. The molecule has 106 valence electrons. The van der Waals surface area contributed by atoms with E-state index in [0.717, 1.165) is 12.1 Å². The summed E-state index contributed by atoms with van der Waals surface area (Å²) in [6.45, 7) is 2.31. The molecule has 1 amide bonds. The molecule has 1 heterocycles. The van der Waals surface area contributed by atoms with Crippen LogP contribution in [0.4, 0.5) is 5.69 Å². The first-order valence-electron chi connectivity index (χ1n) is 6.83. The van der Waals surface area contributed by atoms with Gasteiger partial charge in [0, 0.05) is 24.2 Å². The number of carbonyl (C=O) groups is 2. The van der Waals surface area contributed by atoms with Crippen molar-refractivity contribution in [2.45, 2.75) is 26.2 Å². The molecule has 1 aromatic carbocycles. The van der Waals surface area contributed by atoms with Gasteiger partial charge in [0.15, 0.2) is 0 Å². The van der Waals surface area contributed by atoms with Gasteiger partial charge in [-0.3, -0.25) is 4.79 Å². The Morgan fingerprint density at radius 3 is 2.80 bits per heavy atom. The molecule has 20 heavy (non-hydrogen) atoms. The lowest BCUT2D eigenvalue weighted by Crippen LogP contribution is -2.35. The van der Waals surface area contributed by atoms with Gasteiger partial charge in [-0.1, -0.05) is 31.2 Å². The molecule has 0 fully saturated rings. The van der Waals surface area contributed by atoms with E-state index in [1.54, 1.807) is 11.0 Å². The number of fused-ring (bicyclic) bond motifs is 1. The van der Waals surface area contributed by atoms with Gasteiger partial charge < -0.3 is 9.64 Å². The standard InChI is InChI=1S/C16H19NO3/c1-3-12(16(19)20-2)10-11-17-14-7-5-4-6-13(14)8-9-15(17)18/h4-7,10H,3,8-9,11H2,1-2H3. The Kier molecular flexibility index (Phi) is 4.56. The smallest absolute Gasteiger partial charge is 0.333 e. The highest BCUT2D eigenvalue weighted by atomic mass is 16.5. The normalized spacial score (nSPS) is 15.0. The van der Waals surface area contributed by atoms with Crippen LogP contribution in [0.25, 0.3) is 0 Å². The fourth-order valence-corrected chi connectivity index (χ4v) is 2.40. The third-order valence-electron chi connectivity index (χ3n) is 3.54. The van der Waals surface area contributed by atoms with E-state index in [2.05, 4.69) is 0 Å². The molecule has 1 aromatic rings. The Morgan fingerprint density at radius 2 is 2.10 bits per heavy atom. The van der Waals surface area contributed by atoms with E-state index in [0.29, 0.717) is 25.0 Å². The summed E-state index contributed by atoms with van der Waals surface area (Å²) >= 11 is 0. The number of methoxy groups -OCH3 is 1. The van der Waals surface area contributed by atoms with Gasteiger partial charge in [-0.15, -0.1) is 0 Å². The molecule has 0 bridgehead atoms. The van der Waals surface area contributed by atoms with E-state index in [9.17, 15) is 9.59 Å². The largest absolute Gasteiger partial charge is 0.466 e. The number of hydrogen-bond acceptors (Lipinski definition) is 3. The molecule has 0 unspecified atom stereocenters.